The van der Waals surface area contributed by atoms with Crippen molar-refractivity contribution in [3.05, 3.63) is 23.7 Å². The van der Waals surface area contributed by atoms with Crippen molar-refractivity contribution < 1.29 is 19.1 Å². The van der Waals surface area contributed by atoms with E-state index in [4.69, 9.17) is 14.3 Å². The van der Waals surface area contributed by atoms with E-state index in [9.17, 15) is 4.79 Å². The molecule has 118 valence electrons. The molecule has 1 aromatic heterocycles. The first-order valence-corrected chi connectivity index (χ1v) is 7.40. The third-order valence-corrected chi connectivity index (χ3v) is 3.62. The second kappa shape index (κ2) is 7.59. The second-order valence-corrected chi connectivity index (χ2v) is 5.57. The summed E-state index contributed by atoms with van der Waals surface area (Å²) < 4.78 is 10.7. The third kappa shape index (κ3) is 4.30. The van der Waals surface area contributed by atoms with Crippen molar-refractivity contribution in [2.24, 2.45) is 5.92 Å². The van der Waals surface area contributed by atoms with Crippen molar-refractivity contribution in [2.75, 3.05) is 26.3 Å². The number of furan rings is 1. The normalized spacial score (nSPS) is 17.2. The van der Waals surface area contributed by atoms with E-state index >= 15 is 0 Å². The van der Waals surface area contributed by atoms with Gasteiger partial charge in [0.2, 0.25) is 5.91 Å². The van der Waals surface area contributed by atoms with E-state index < -0.39 is 0 Å². The maximum absolute atomic E-state index is 12.6. The van der Waals surface area contributed by atoms with Crippen molar-refractivity contribution in [2.45, 2.75) is 33.0 Å². The Bertz CT molecular complexity index is 452. The van der Waals surface area contributed by atoms with E-state index in [0.717, 1.165) is 5.76 Å². The maximum atomic E-state index is 12.6. The zero-order valence-corrected chi connectivity index (χ0v) is 12.7. The van der Waals surface area contributed by atoms with Crippen LogP contribution in [0.2, 0.25) is 0 Å². The SMILES string of the molecule is CC(C)[C@H](NCc1ccc(CO)o1)C(=O)N1CCOCC1. The van der Waals surface area contributed by atoms with Crippen LogP contribution in [-0.4, -0.2) is 48.3 Å². The molecule has 0 unspecified atom stereocenters. The van der Waals surface area contributed by atoms with Gasteiger partial charge in [0.1, 0.15) is 18.1 Å². The minimum Gasteiger partial charge on any atom is -0.462 e. The van der Waals surface area contributed by atoms with Crippen LogP contribution in [0.5, 0.6) is 0 Å². The summed E-state index contributed by atoms with van der Waals surface area (Å²) in [6, 6.07) is 3.31. The van der Waals surface area contributed by atoms with Gasteiger partial charge in [-0.2, -0.15) is 0 Å². The van der Waals surface area contributed by atoms with E-state index in [1.54, 1.807) is 6.07 Å². The molecular weight excluding hydrogens is 272 g/mol. The molecule has 1 aromatic rings. The summed E-state index contributed by atoms with van der Waals surface area (Å²) >= 11 is 0. The molecule has 1 aliphatic heterocycles. The first kappa shape index (κ1) is 16.0. The van der Waals surface area contributed by atoms with Gasteiger partial charge in [0, 0.05) is 13.1 Å². The molecule has 1 atom stereocenters. The highest BCUT2D eigenvalue weighted by Crippen LogP contribution is 2.12. The Morgan fingerprint density at radius 3 is 2.57 bits per heavy atom. The van der Waals surface area contributed by atoms with Crippen LogP contribution in [-0.2, 0) is 22.7 Å². The number of hydrogen-bond acceptors (Lipinski definition) is 5. The smallest absolute Gasteiger partial charge is 0.240 e. The Balaban J connectivity index is 1.93. The Morgan fingerprint density at radius 1 is 1.33 bits per heavy atom. The summed E-state index contributed by atoms with van der Waals surface area (Å²) in [6.45, 7) is 6.93. The zero-order valence-electron chi connectivity index (χ0n) is 12.7. The van der Waals surface area contributed by atoms with E-state index in [-0.39, 0.29) is 24.5 Å². The number of nitrogens with one attached hydrogen (secondary N) is 1. The minimum atomic E-state index is -0.245. The van der Waals surface area contributed by atoms with Gasteiger partial charge in [-0.3, -0.25) is 10.1 Å². The van der Waals surface area contributed by atoms with Crippen molar-refractivity contribution >= 4 is 5.91 Å². The second-order valence-electron chi connectivity index (χ2n) is 5.57. The number of amides is 1. The number of ether oxygens (including phenoxy) is 1. The number of carbonyl (C=O) groups excluding carboxylic acids is 1. The van der Waals surface area contributed by atoms with Crippen LogP contribution in [0, 0.1) is 5.92 Å². The number of hydrogen-bond donors (Lipinski definition) is 2. The fraction of sp³-hybridized carbons (Fsp3) is 0.667. The average Bonchev–Trinajstić information content (AvgIpc) is 2.96. The fourth-order valence-corrected chi connectivity index (χ4v) is 2.40. The van der Waals surface area contributed by atoms with Crippen molar-refractivity contribution in [3.8, 4) is 0 Å². The molecule has 6 heteroatoms. The van der Waals surface area contributed by atoms with Crippen LogP contribution in [0.15, 0.2) is 16.5 Å². The van der Waals surface area contributed by atoms with Gasteiger partial charge in [-0.25, -0.2) is 0 Å². The number of aliphatic hydroxyl groups excluding tert-OH is 1. The van der Waals surface area contributed by atoms with Gasteiger partial charge < -0.3 is 19.2 Å². The summed E-state index contributed by atoms with van der Waals surface area (Å²) in [6.07, 6.45) is 0. The topological polar surface area (TPSA) is 74.9 Å². The van der Waals surface area contributed by atoms with Crippen LogP contribution < -0.4 is 5.32 Å². The Kier molecular flexibility index (Phi) is 5.78. The van der Waals surface area contributed by atoms with Crippen molar-refractivity contribution in [1.82, 2.24) is 10.2 Å². The molecule has 1 amide bonds. The predicted octanol–water partition coefficient (Wildman–Crippen LogP) is 0.745. The van der Waals surface area contributed by atoms with E-state index in [1.807, 2.05) is 24.8 Å². The summed E-state index contributed by atoms with van der Waals surface area (Å²) in [5, 5.41) is 12.3. The molecule has 2 rings (SSSR count). The van der Waals surface area contributed by atoms with Crippen LogP contribution in [0.25, 0.3) is 0 Å². The molecule has 0 aromatic carbocycles. The highest BCUT2D eigenvalue weighted by Gasteiger charge is 2.27. The lowest BCUT2D eigenvalue weighted by Crippen LogP contribution is -2.52. The minimum absolute atomic E-state index is 0.111. The molecule has 2 N–H and O–H groups in total. The van der Waals surface area contributed by atoms with Crippen molar-refractivity contribution in [3.63, 3.8) is 0 Å². The summed E-state index contributed by atoms with van der Waals surface area (Å²) in [5.41, 5.74) is 0. The van der Waals surface area contributed by atoms with E-state index in [0.29, 0.717) is 38.6 Å². The molecule has 2 heterocycles. The lowest BCUT2D eigenvalue weighted by atomic mass is 10.0. The van der Waals surface area contributed by atoms with Crippen LogP contribution >= 0.6 is 0 Å². The Morgan fingerprint density at radius 2 is 2.00 bits per heavy atom. The number of rotatable bonds is 6. The predicted molar refractivity (Wildman–Crippen MR) is 77.5 cm³/mol. The van der Waals surface area contributed by atoms with Gasteiger partial charge in [-0.1, -0.05) is 13.8 Å². The van der Waals surface area contributed by atoms with Crippen LogP contribution in [0.3, 0.4) is 0 Å². The number of nitrogens with zero attached hydrogens (tertiary/aromatic N) is 1. The lowest BCUT2D eigenvalue weighted by Gasteiger charge is -2.32. The molecule has 0 radical (unpaired) electrons. The lowest BCUT2D eigenvalue weighted by molar-refractivity contribution is -0.138. The maximum Gasteiger partial charge on any atom is 0.240 e. The standard InChI is InChI=1S/C15H24N2O4/c1-11(2)14(15(19)17-5-7-20-8-6-17)16-9-12-3-4-13(10-18)21-12/h3-4,11,14,16,18H,5-10H2,1-2H3/t14-/m0/s1. The molecule has 0 aliphatic carbocycles. The Labute approximate surface area is 125 Å². The quantitative estimate of drug-likeness (QED) is 0.810. The molecule has 0 spiro atoms. The molecule has 0 saturated carbocycles. The Hall–Kier alpha value is -1.37. The van der Waals surface area contributed by atoms with Gasteiger partial charge in [-0.15, -0.1) is 0 Å². The van der Waals surface area contributed by atoms with Crippen LogP contribution in [0.1, 0.15) is 25.4 Å². The largest absolute Gasteiger partial charge is 0.462 e. The summed E-state index contributed by atoms with van der Waals surface area (Å²) in [5.74, 6) is 1.56. The summed E-state index contributed by atoms with van der Waals surface area (Å²) in [7, 11) is 0. The highest BCUT2D eigenvalue weighted by atomic mass is 16.5. The number of aliphatic hydroxyl groups is 1. The van der Waals surface area contributed by atoms with E-state index in [2.05, 4.69) is 5.32 Å². The first-order valence-electron chi connectivity index (χ1n) is 7.40. The number of carbonyl (C=O) groups is 1. The zero-order chi connectivity index (χ0) is 15.2. The van der Waals surface area contributed by atoms with Gasteiger partial charge in [0.15, 0.2) is 0 Å². The van der Waals surface area contributed by atoms with Crippen molar-refractivity contribution in [1.29, 1.82) is 0 Å². The fourth-order valence-electron chi connectivity index (χ4n) is 2.40. The molecule has 1 fully saturated rings. The molecule has 1 saturated heterocycles. The van der Waals surface area contributed by atoms with Gasteiger partial charge in [0.05, 0.1) is 25.8 Å². The molecule has 21 heavy (non-hydrogen) atoms. The third-order valence-electron chi connectivity index (χ3n) is 3.62. The average molecular weight is 296 g/mol. The van der Waals surface area contributed by atoms with E-state index in [1.165, 1.54) is 0 Å². The van der Waals surface area contributed by atoms with Crippen LogP contribution in [0.4, 0.5) is 0 Å². The molecular formula is C15H24N2O4. The molecule has 6 nitrogen and oxygen atoms in total. The monoisotopic (exact) mass is 296 g/mol. The molecule has 1 aliphatic rings. The molecule has 0 bridgehead atoms. The highest BCUT2D eigenvalue weighted by molar-refractivity contribution is 5.82. The number of morpholine rings is 1. The first-order chi connectivity index (χ1) is 10.1. The van der Waals surface area contributed by atoms with Gasteiger partial charge in [0.25, 0.3) is 0 Å². The van der Waals surface area contributed by atoms with Gasteiger partial charge in [-0.05, 0) is 18.1 Å². The van der Waals surface area contributed by atoms with Gasteiger partial charge >= 0.3 is 0 Å². The summed E-state index contributed by atoms with van der Waals surface area (Å²) in [4.78, 5) is 14.4.